The van der Waals surface area contributed by atoms with E-state index in [9.17, 15) is 9.18 Å². The molecule has 6 rings (SSSR count). The molecule has 142 valence electrons. The number of nitrogens with zero attached hydrogens (tertiary/aromatic N) is 2. The van der Waals surface area contributed by atoms with Gasteiger partial charge in [-0.1, -0.05) is 5.16 Å². The zero-order valence-corrected chi connectivity index (χ0v) is 15.5. The molecule has 5 nitrogen and oxygen atoms in total. The summed E-state index contributed by atoms with van der Waals surface area (Å²) >= 11 is 6.79. The van der Waals surface area contributed by atoms with Crippen LogP contribution in [-0.2, 0) is 16.1 Å². The fourth-order valence-electron chi connectivity index (χ4n) is 5.70. The van der Waals surface area contributed by atoms with Gasteiger partial charge in [0.2, 0.25) is 5.82 Å². The van der Waals surface area contributed by atoms with Gasteiger partial charge in [-0.15, -0.1) is 11.6 Å². The van der Waals surface area contributed by atoms with E-state index in [1.807, 2.05) is 0 Å². The summed E-state index contributed by atoms with van der Waals surface area (Å²) in [6.45, 7) is -0.0562. The molecule has 4 aliphatic rings. The Morgan fingerprint density at radius 1 is 1.22 bits per heavy atom. The predicted molar refractivity (Wildman–Crippen MR) is 95.2 cm³/mol. The first-order chi connectivity index (χ1) is 12.9. The molecule has 0 saturated heterocycles. The quantitative estimate of drug-likeness (QED) is 0.568. The Balaban J connectivity index is 1.27. The lowest BCUT2D eigenvalue weighted by Gasteiger charge is -2.58. The Morgan fingerprint density at radius 3 is 2.59 bits per heavy atom. The van der Waals surface area contributed by atoms with Crippen LogP contribution in [0, 0.1) is 23.1 Å². The summed E-state index contributed by atoms with van der Waals surface area (Å²) in [6.07, 6.45) is 5.69. The lowest BCUT2D eigenvalue weighted by Crippen LogP contribution is -2.56. The van der Waals surface area contributed by atoms with E-state index in [4.69, 9.17) is 20.9 Å². The van der Waals surface area contributed by atoms with Gasteiger partial charge in [0.1, 0.15) is 5.82 Å². The third kappa shape index (κ3) is 3.04. The van der Waals surface area contributed by atoms with Gasteiger partial charge < -0.3 is 9.26 Å². The molecule has 0 amide bonds. The molecule has 4 fully saturated rings. The average Bonchev–Trinajstić information content (AvgIpc) is 3.07. The van der Waals surface area contributed by atoms with Gasteiger partial charge in [-0.2, -0.15) is 4.98 Å². The van der Waals surface area contributed by atoms with Gasteiger partial charge in [0.15, 0.2) is 6.61 Å². The van der Waals surface area contributed by atoms with E-state index in [0.29, 0.717) is 29.6 Å². The van der Waals surface area contributed by atoms with Crippen LogP contribution in [-0.4, -0.2) is 21.0 Å². The molecule has 2 aromatic rings. The molecule has 0 spiro atoms. The van der Waals surface area contributed by atoms with Crippen LogP contribution in [0.25, 0.3) is 11.4 Å². The van der Waals surface area contributed by atoms with Crippen molar-refractivity contribution in [2.75, 3.05) is 0 Å². The van der Waals surface area contributed by atoms with Crippen molar-refractivity contribution in [1.82, 2.24) is 10.1 Å². The molecule has 1 aromatic heterocycles. The molecule has 27 heavy (non-hydrogen) atoms. The molecule has 0 aliphatic heterocycles. The van der Waals surface area contributed by atoms with E-state index in [-0.39, 0.29) is 29.2 Å². The number of halogens is 2. The fourth-order valence-corrected chi connectivity index (χ4v) is 6.39. The van der Waals surface area contributed by atoms with Crippen molar-refractivity contribution in [1.29, 1.82) is 0 Å². The van der Waals surface area contributed by atoms with E-state index >= 15 is 0 Å². The minimum Gasteiger partial charge on any atom is -0.455 e. The molecular weight excluding hydrogens is 371 g/mol. The number of carbonyl (C=O) groups is 1. The molecule has 4 atom stereocenters. The van der Waals surface area contributed by atoms with Gasteiger partial charge in [0, 0.05) is 10.4 Å². The predicted octanol–water partition coefficient (Wildman–Crippen LogP) is 4.50. The number of carbonyl (C=O) groups excluding carboxylic acids is 1. The number of alkyl halides is 1. The van der Waals surface area contributed by atoms with Gasteiger partial charge in [-0.05, 0) is 74.6 Å². The van der Waals surface area contributed by atoms with Crippen molar-refractivity contribution in [2.45, 2.75) is 50.0 Å². The lowest BCUT2D eigenvalue weighted by molar-refractivity contribution is -0.172. The third-order valence-electron chi connectivity index (χ3n) is 6.32. The second kappa shape index (κ2) is 6.03. The van der Waals surface area contributed by atoms with Gasteiger partial charge in [-0.25, -0.2) is 4.39 Å². The highest BCUT2D eigenvalue weighted by molar-refractivity contribution is 6.24. The number of hydrogen-bond donors (Lipinski definition) is 0. The Kier molecular flexibility index (Phi) is 3.83. The number of esters is 1. The SMILES string of the molecule is O=C(OCc1nc(-c2ccc(F)cc2)no1)C12C[C@@H]3C[C@@H](CC(Cl)(C3)C1)C2. The van der Waals surface area contributed by atoms with Crippen LogP contribution in [0.1, 0.15) is 44.4 Å². The maximum Gasteiger partial charge on any atom is 0.312 e. The molecule has 1 heterocycles. The summed E-state index contributed by atoms with van der Waals surface area (Å²) in [5.41, 5.74) is 0.189. The number of aromatic nitrogens is 2. The van der Waals surface area contributed by atoms with Gasteiger partial charge in [0.25, 0.3) is 5.89 Å². The van der Waals surface area contributed by atoms with E-state index in [1.54, 1.807) is 12.1 Å². The first-order valence-electron chi connectivity index (χ1n) is 9.38. The summed E-state index contributed by atoms with van der Waals surface area (Å²) in [6, 6.07) is 5.82. The first-order valence-corrected chi connectivity index (χ1v) is 9.76. The van der Waals surface area contributed by atoms with Crippen LogP contribution >= 0.6 is 11.6 Å². The van der Waals surface area contributed by atoms with Crippen molar-refractivity contribution in [2.24, 2.45) is 17.3 Å². The topological polar surface area (TPSA) is 65.2 Å². The molecular formula is C20H20ClFN2O3. The van der Waals surface area contributed by atoms with Crippen LogP contribution in [0.4, 0.5) is 4.39 Å². The number of rotatable bonds is 4. The smallest absolute Gasteiger partial charge is 0.312 e. The minimum atomic E-state index is -0.453. The molecule has 2 unspecified atom stereocenters. The van der Waals surface area contributed by atoms with Crippen LogP contribution in [0.15, 0.2) is 28.8 Å². The highest BCUT2D eigenvalue weighted by Crippen LogP contribution is 2.64. The molecule has 4 aliphatic carbocycles. The van der Waals surface area contributed by atoms with Crippen LogP contribution in [0.2, 0.25) is 0 Å². The van der Waals surface area contributed by atoms with E-state index in [1.165, 1.54) is 18.6 Å². The third-order valence-corrected chi connectivity index (χ3v) is 6.76. The number of ether oxygens (including phenoxy) is 1. The zero-order chi connectivity index (χ0) is 18.6. The number of benzene rings is 1. The maximum atomic E-state index is 13.0. The van der Waals surface area contributed by atoms with E-state index < -0.39 is 5.41 Å². The highest BCUT2D eigenvalue weighted by atomic mass is 35.5. The van der Waals surface area contributed by atoms with Crippen molar-refractivity contribution < 1.29 is 18.4 Å². The molecule has 0 radical (unpaired) electrons. The number of hydrogen-bond acceptors (Lipinski definition) is 5. The second-order valence-electron chi connectivity index (χ2n) is 8.49. The second-order valence-corrected chi connectivity index (χ2v) is 9.29. The molecule has 0 N–H and O–H groups in total. The van der Waals surface area contributed by atoms with Crippen molar-refractivity contribution in [3.8, 4) is 11.4 Å². The first kappa shape index (κ1) is 17.2. The standard InChI is InChI=1S/C20H20ClFN2O3/c21-20-8-12-5-13(9-20)7-19(6-12,11-20)18(25)26-10-16-23-17(24-27-16)14-1-3-15(22)4-2-14/h1-4,12-13H,5-11H2/t12-,13+,19?,20?. The molecule has 1 aromatic carbocycles. The van der Waals surface area contributed by atoms with Gasteiger partial charge in [0.05, 0.1) is 5.41 Å². The Labute approximate surface area is 161 Å². The van der Waals surface area contributed by atoms with Crippen molar-refractivity contribution in [3.63, 3.8) is 0 Å². The largest absolute Gasteiger partial charge is 0.455 e. The van der Waals surface area contributed by atoms with E-state index in [0.717, 1.165) is 25.7 Å². The maximum absolute atomic E-state index is 13.0. The van der Waals surface area contributed by atoms with Crippen LogP contribution in [0.3, 0.4) is 0 Å². The Morgan fingerprint density at radius 2 is 1.93 bits per heavy atom. The summed E-state index contributed by atoms with van der Waals surface area (Å²) in [5.74, 6) is 1.12. The van der Waals surface area contributed by atoms with Crippen LogP contribution in [0.5, 0.6) is 0 Å². The summed E-state index contributed by atoms with van der Waals surface area (Å²) in [7, 11) is 0. The van der Waals surface area contributed by atoms with E-state index in [2.05, 4.69) is 10.1 Å². The zero-order valence-electron chi connectivity index (χ0n) is 14.8. The average molecular weight is 391 g/mol. The van der Waals surface area contributed by atoms with Gasteiger partial charge in [-0.3, -0.25) is 4.79 Å². The Bertz CT molecular complexity index is 868. The van der Waals surface area contributed by atoms with Gasteiger partial charge >= 0.3 is 5.97 Å². The minimum absolute atomic E-state index is 0.0562. The Hall–Kier alpha value is -1.95. The fraction of sp³-hybridized carbons (Fsp3) is 0.550. The molecule has 7 heteroatoms. The lowest BCUT2D eigenvalue weighted by atomic mass is 9.49. The molecule has 4 saturated carbocycles. The summed E-state index contributed by atoms with van der Waals surface area (Å²) in [5, 5.41) is 3.88. The van der Waals surface area contributed by atoms with Crippen molar-refractivity contribution in [3.05, 3.63) is 36.0 Å². The summed E-state index contributed by atoms with van der Waals surface area (Å²) < 4.78 is 23.8. The molecule has 4 bridgehead atoms. The monoisotopic (exact) mass is 390 g/mol. The summed E-state index contributed by atoms with van der Waals surface area (Å²) in [4.78, 5) is 16.9. The van der Waals surface area contributed by atoms with Crippen molar-refractivity contribution >= 4 is 17.6 Å². The normalized spacial score (nSPS) is 34.0. The van der Waals surface area contributed by atoms with Crippen LogP contribution < -0.4 is 0 Å². The highest BCUT2D eigenvalue weighted by Gasteiger charge is 2.60.